The predicted octanol–water partition coefficient (Wildman–Crippen LogP) is 2.94. The third kappa shape index (κ3) is 1.62. The Hall–Kier alpha value is -2.07. The van der Waals surface area contributed by atoms with Crippen LogP contribution in [0.3, 0.4) is 0 Å². The molecule has 0 unspecified atom stereocenters. The summed E-state index contributed by atoms with van der Waals surface area (Å²) in [6, 6.07) is 5.65. The van der Waals surface area contributed by atoms with E-state index in [9.17, 15) is 0 Å². The molecule has 3 heterocycles. The number of hydrogen-bond acceptors (Lipinski definition) is 3. The molecule has 0 radical (unpaired) electrons. The van der Waals surface area contributed by atoms with Gasteiger partial charge in [0.05, 0.1) is 5.02 Å². The van der Waals surface area contributed by atoms with Crippen molar-refractivity contribution >= 4 is 23.1 Å². The van der Waals surface area contributed by atoms with E-state index in [4.69, 9.17) is 17.3 Å². The maximum Gasteiger partial charge on any atom is 0.157 e. The quantitative estimate of drug-likeness (QED) is 0.730. The summed E-state index contributed by atoms with van der Waals surface area (Å²) in [6.07, 6.45) is 5.37. The highest BCUT2D eigenvalue weighted by Crippen LogP contribution is 2.29. The normalized spacial score (nSPS) is 11.0. The summed E-state index contributed by atoms with van der Waals surface area (Å²) < 4.78 is 1.81. The zero-order chi connectivity index (χ0) is 12.7. The Morgan fingerprint density at radius 2 is 2.22 bits per heavy atom. The van der Waals surface area contributed by atoms with Gasteiger partial charge in [-0.3, -0.25) is 9.38 Å². The Kier molecular flexibility index (Phi) is 2.45. The predicted molar refractivity (Wildman–Crippen MR) is 72.6 cm³/mol. The number of anilines is 1. The molecule has 0 aliphatic heterocycles. The fraction of sp³-hybridized carbons (Fsp3) is 0.0769. The summed E-state index contributed by atoms with van der Waals surface area (Å²) in [7, 11) is 0. The van der Waals surface area contributed by atoms with E-state index in [0.29, 0.717) is 22.2 Å². The van der Waals surface area contributed by atoms with Crippen LogP contribution in [0.2, 0.25) is 5.02 Å². The van der Waals surface area contributed by atoms with Crippen molar-refractivity contribution in [2.24, 2.45) is 0 Å². The molecule has 0 saturated carbocycles. The van der Waals surface area contributed by atoms with Crippen LogP contribution in [0.5, 0.6) is 0 Å². The lowest BCUT2D eigenvalue weighted by Gasteiger charge is -2.00. The van der Waals surface area contributed by atoms with Crippen molar-refractivity contribution < 1.29 is 0 Å². The van der Waals surface area contributed by atoms with Crippen molar-refractivity contribution in [3.05, 3.63) is 47.4 Å². The zero-order valence-corrected chi connectivity index (χ0v) is 10.5. The van der Waals surface area contributed by atoms with Gasteiger partial charge in [0.25, 0.3) is 0 Å². The molecule has 0 amide bonds. The Labute approximate surface area is 109 Å². The summed E-state index contributed by atoms with van der Waals surface area (Å²) in [6.45, 7) is 1.97. The summed E-state index contributed by atoms with van der Waals surface area (Å²) >= 11 is 6.18. The van der Waals surface area contributed by atoms with Gasteiger partial charge in [-0.25, -0.2) is 4.98 Å². The lowest BCUT2D eigenvalue weighted by Crippen LogP contribution is -1.95. The van der Waals surface area contributed by atoms with E-state index in [-0.39, 0.29) is 0 Å². The minimum absolute atomic E-state index is 0.573. The molecule has 3 aromatic heterocycles. The number of nitrogens with two attached hydrogens (primary N) is 1. The largest absolute Gasteiger partial charge is 0.383 e. The van der Waals surface area contributed by atoms with Crippen LogP contribution in [-0.2, 0) is 0 Å². The lowest BCUT2D eigenvalue weighted by molar-refractivity contribution is 1.16. The number of aromatic nitrogens is 3. The van der Waals surface area contributed by atoms with E-state index < -0.39 is 0 Å². The molecular formula is C13H11ClN4. The average Bonchev–Trinajstić information content (AvgIpc) is 2.69. The first-order valence-corrected chi connectivity index (χ1v) is 5.88. The molecule has 0 aliphatic carbocycles. The molecule has 0 bridgehead atoms. The Balaban J connectivity index is 2.33. The smallest absolute Gasteiger partial charge is 0.157 e. The van der Waals surface area contributed by atoms with Gasteiger partial charge < -0.3 is 5.73 Å². The average molecular weight is 259 g/mol. The Morgan fingerprint density at radius 3 is 2.94 bits per heavy atom. The van der Waals surface area contributed by atoms with Crippen molar-refractivity contribution in [3.63, 3.8) is 0 Å². The first-order chi connectivity index (χ1) is 8.66. The van der Waals surface area contributed by atoms with Crippen LogP contribution in [0.4, 0.5) is 5.82 Å². The summed E-state index contributed by atoms with van der Waals surface area (Å²) in [4.78, 5) is 8.56. The summed E-state index contributed by atoms with van der Waals surface area (Å²) in [5, 5.41) is 0.594. The van der Waals surface area contributed by atoms with E-state index in [1.807, 2.05) is 31.3 Å². The number of nitrogens with zero attached hydrogens (tertiary/aromatic N) is 3. The van der Waals surface area contributed by atoms with Gasteiger partial charge in [0, 0.05) is 24.2 Å². The van der Waals surface area contributed by atoms with Crippen molar-refractivity contribution in [3.8, 4) is 11.3 Å². The third-order valence-corrected chi connectivity index (χ3v) is 3.06. The fourth-order valence-electron chi connectivity index (χ4n) is 1.96. The zero-order valence-electron chi connectivity index (χ0n) is 9.76. The van der Waals surface area contributed by atoms with Crippen molar-refractivity contribution in [2.45, 2.75) is 6.92 Å². The van der Waals surface area contributed by atoms with Gasteiger partial charge >= 0.3 is 0 Å². The second kappa shape index (κ2) is 3.99. The van der Waals surface area contributed by atoms with Gasteiger partial charge in [-0.15, -0.1) is 0 Å². The summed E-state index contributed by atoms with van der Waals surface area (Å²) in [5.41, 5.74) is 9.41. The fourth-order valence-corrected chi connectivity index (χ4v) is 2.27. The Bertz CT molecular complexity index is 719. The van der Waals surface area contributed by atoms with E-state index in [1.54, 1.807) is 16.8 Å². The van der Waals surface area contributed by atoms with Crippen LogP contribution >= 0.6 is 11.6 Å². The molecule has 3 aromatic rings. The number of halogens is 1. The number of fused-ring (bicyclic) bond motifs is 1. The molecule has 5 heteroatoms. The van der Waals surface area contributed by atoms with Crippen LogP contribution in [0.25, 0.3) is 16.9 Å². The number of aryl methyl sites for hydroxylation is 1. The highest BCUT2D eigenvalue weighted by molar-refractivity contribution is 6.33. The second-order valence-corrected chi connectivity index (χ2v) is 4.55. The SMILES string of the molecule is Cc1cc(Cl)c2nc(-c3cccnc3)c(N)n2c1. The van der Waals surface area contributed by atoms with Crippen LogP contribution in [0, 0.1) is 6.92 Å². The topological polar surface area (TPSA) is 56.2 Å². The maximum absolute atomic E-state index is 6.18. The van der Waals surface area contributed by atoms with Gasteiger partial charge in [0.15, 0.2) is 5.65 Å². The van der Waals surface area contributed by atoms with Crippen LogP contribution in [0.1, 0.15) is 5.56 Å². The molecule has 0 atom stereocenters. The molecule has 90 valence electrons. The molecule has 0 fully saturated rings. The number of pyridine rings is 2. The molecule has 2 N–H and O–H groups in total. The van der Waals surface area contributed by atoms with Gasteiger partial charge in [-0.1, -0.05) is 11.6 Å². The van der Waals surface area contributed by atoms with Crippen LogP contribution < -0.4 is 5.73 Å². The van der Waals surface area contributed by atoms with Crippen molar-refractivity contribution in [1.29, 1.82) is 0 Å². The van der Waals surface area contributed by atoms with Gasteiger partial charge in [-0.05, 0) is 30.7 Å². The minimum atomic E-state index is 0.573. The van der Waals surface area contributed by atoms with Crippen molar-refractivity contribution in [2.75, 3.05) is 5.73 Å². The standard InChI is InChI=1S/C13H11ClN4/c1-8-5-10(14)13-17-11(12(15)18(13)7-8)9-3-2-4-16-6-9/h2-7H,15H2,1H3. The molecule has 0 saturated heterocycles. The molecule has 3 rings (SSSR count). The maximum atomic E-state index is 6.18. The number of rotatable bonds is 1. The molecule has 0 aromatic carbocycles. The second-order valence-electron chi connectivity index (χ2n) is 4.15. The monoisotopic (exact) mass is 258 g/mol. The van der Waals surface area contributed by atoms with Crippen LogP contribution in [0.15, 0.2) is 36.8 Å². The molecule has 18 heavy (non-hydrogen) atoms. The van der Waals surface area contributed by atoms with Crippen LogP contribution in [-0.4, -0.2) is 14.4 Å². The molecule has 0 aliphatic rings. The van der Waals surface area contributed by atoms with E-state index >= 15 is 0 Å². The van der Waals surface area contributed by atoms with Gasteiger partial charge in [0.2, 0.25) is 0 Å². The number of imidazole rings is 1. The molecule has 4 nitrogen and oxygen atoms in total. The first-order valence-electron chi connectivity index (χ1n) is 5.51. The lowest BCUT2D eigenvalue weighted by atomic mass is 10.2. The first kappa shape index (κ1) is 11.0. The molecule has 0 spiro atoms. The highest BCUT2D eigenvalue weighted by atomic mass is 35.5. The van der Waals surface area contributed by atoms with Crippen molar-refractivity contribution in [1.82, 2.24) is 14.4 Å². The summed E-state index contributed by atoms with van der Waals surface area (Å²) in [5.74, 6) is 0.573. The Morgan fingerprint density at radius 1 is 1.39 bits per heavy atom. The van der Waals surface area contributed by atoms with Gasteiger partial charge in [-0.2, -0.15) is 0 Å². The van der Waals surface area contributed by atoms with E-state index in [1.165, 1.54) is 0 Å². The van der Waals surface area contributed by atoms with Gasteiger partial charge in [0.1, 0.15) is 11.5 Å². The minimum Gasteiger partial charge on any atom is -0.383 e. The number of hydrogen-bond donors (Lipinski definition) is 1. The number of nitrogen functional groups attached to an aromatic ring is 1. The van der Waals surface area contributed by atoms with E-state index in [0.717, 1.165) is 11.1 Å². The molecular weight excluding hydrogens is 248 g/mol. The third-order valence-electron chi connectivity index (χ3n) is 2.78. The highest BCUT2D eigenvalue weighted by Gasteiger charge is 2.13. The van der Waals surface area contributed by atoms with E-state index in [2.05, 4.69) is 9.97 Å².